The van der Waals surface area contributed by atoms with E-state index in [4.69, 9.17) is 28.4 Å². The molecule has 290 valence electrons. The van der Waals surface area contributed by atoms with E-state index in [0.717, 1.165) is 5.56 Å². The Balaban J connectivity index is 1.48. The van der Waals surface area contributed by atoms with Crippen LogP contribution in [0.1, 0.15) is 47.4 Å². The van der Waals surface area contributed by atoms with Crippen LogP contribution >= 0.6 is 0 Å². The maximum absolute atomic E-state index is 13.6. The highest BCUT2D eigenvalue weighted by molar-refractivity contribution is 5.94. The molecule has 1 aliphatic heterocycles. The average Bonchev–Trinajstić information content (AvgIpc) is 3.22. The van der Waals surface area contributed by atoms with Gasteiger partial charge in [0.25, 0.3) is 0 Å². The number of rotatable bonds is 14. The summed E-state index contributed by atoms with van der Waals surface area (Å²) in [5.74, 6) is -1.76. The standard InChI is InChI=1S/C42H44O13/c1-50-34-17-24(7-13-31(34)44)5-11-28(43)22-30-27-20-37(53-4)42(49)38(21-27)54-29(12-6-25-8-14-32(45)35(18-25)51-2)23-39(41(30)48)55-40(47)16-10-26-9-15-33(46)36(19-26)52-3/h5,7-11,13-21,29-30,39,41,44-46,48-49H,6,12,22-23H2,1-4H3/b11-5+,16-10+. The highest BCUT2D eigenvalue weighted by Gasteiger charge is 2.37. The zero-order chi connectivity index (χ0) is 39.6. The lowest BCUT2D eigenvalue weighted by atomic mass is 9.84. The molecule has 4 unspecified atom stereocenters. The van der Waals surface area contributed by atoms with Crippen LogP contribution < -0.4 is 23.7 Å². The van der Waals surface area contributed by atoms with E-state index in [2.05, 4.69) is 0 Å². The minimum atomic E-state index is -1.45. The number of carbonyl (C=O) groups is 2. The molecule has 0 saturated carbocycles. The molecule has 1 aliphatic rings. The number of benzene rings is 4. The third-order valence-corrected chi connectivity index (χ3v) is 9.26. The van der Waals surface area contributed by atoms with Gasteiger partial charge in [0, 0.05) is 24.8 Å². The first-order valence-corrected chi connectivity index (χ1v) is 17.4. The number of hydrogen-bond acceptors (Lipinski definition) is 13. The molecule has 5 N–H and O–H groups in total. The predicted octanol–water partition coefficient (Wildman–Crippen LogP) is 6.07. The second-order valence-corrected chi connectivity index (χ2v) is 12.9. The highest BCUT2D eigenvalue weighted by atomic mass is 16.6. The zero-order valence-corrected chi connectivity index (χ0v) is 30.8. The van der Waals surface area contributed by atoms with E-state index in [1.54, 1.807) is 36.4 Å². The zero-order valence-electron chi connectivity index (χ0n) is 30.8. The molecule has 55 heavy (non-hydrogen) atoms. The van der Waals surface area contributed by atoms with Crippen LogP contribution in [0, 0.1) is 0 Å². The van der Waals surface area contributed by atoms with Crippen LogP contribution in [0.3, 0.4) is 0 Å². The summed E-state index contributed by atoms with van der Waals surface area (Å²) in [4.78, 5) is 26.9. The number of allylic oxidation sites excluding steroid dienone is 1. The van der Waals surface area contributed by atoms with Gasteiger partial charge in [0.1, 0.15) is 12.2 Å². The van der Waals surface area contributed by atoms with E-state index >= 15 is 0 Å². The van der Waals surface area contributed by atoms with Crippen LogP contribution in [0.4, 0.5) is 0 Å². The molecular formula is C42H44O13. The second kappa shape index (κ2) is 18.1. The van der Waals surface area contributed by atoms with Gasteiger partial charge in [0.05, 0.1) is 34.5 Å². The number of ether oxygens (including phenoxy) is 6. The van der Waals surface area contributed by atoms with E-state index in [1.165, 1.54) is 83.1 Å². The number of aromatic hydroxyl groups is 4. The minimum Gasteiger partial charge on any atom is -0.504 e. The third-order valence-electron chi connectivity index (χ3n) is 9.26. The highest BCUT2D eigenvalue weighted by Crippen LogP contribution is 2.44. The largest absolute Gasteiger partial charge is 0.504 e. The quantitative estimate of drug-likeness (QED) is 0.0737. The summed E-state index contributed by atoms with van der Waals surface area (Å²) in [7, 11) is 5.62. The third kappa shape index (κ3) is 10.0. The van der Waals surface area contributed by atoms with Gasteiger partial charge < -0.3 is 54.0 Å². The van der Waals surface area contributed by atoms with Crippen LogP contribution in [0.2, 0.25) is 0 Å². The van der Waals surface area contributed by atoms with Gasteiger partial charge in [-0.3, -0.25) is 4.79 Å². The molecule has 0 aromatic heterocycles. The van der Waals surface area contributed by atoms with Crippen molar-refractivity contribution in [1.82, 2.24) is 0 Å². The van der Waals surface area contributed by atoms with E-state index in [9.17, 15) is 35.1 Å². The number of methoxy groups -OCH3 is 4. The molecular weight excluding hydrogens is 712 g/mol. The molecule has 0 radical (unpaired) electrons. The summed E-state index contributed by atoms with van der Waals surface area (Å²) in [6.07, 6.45) is 2.56. The molecule has 0 amide bonds. The number of esters is 1. The van der Waals surface area contributed by atoms with Crippen molar-refractivity contribution in [3.63, 3.8) is 0 Å². The topological polar surface area (TPSA) is 191 Å². The fourth-order valence-corrected chi connectivity index (χ4v) is 6.31. The fraction of sp³-hybridized carbons (Fsp3) is 0.286. The Morgan fingerprint density at radius 1 is 0.727 bits per heavy atom. The Labute approximate surface area is 318 Å². The van der Waals surface area contributed by atoms with Crippen molar-refractivity contribution in [1.29, 1.82) is 0 Å². The molecule has 5 rings (SSSR count). The molecule has 13 nitrogen and oxygen atoms in total. The van der Waals surface area contributed by atoms with Crippen molar-refractivity contribution in [2.24, 2.45) is 0 Å². The molecule has 4 atom stereocenters. The fourth-order valence-electron chi connectivity index (χ4n) is 6.31. The van der Waals surface area contributed by atoms with Gasteiger partial charge in [-0.25, -0.2) is 4.79 Å². The van der Waals surface area contributed by atoms with E-state index in [1.807, 2.05) is 0 Å². The second-order valence-electron chi connectivity index (χ2n) is 12.9. The number of aryl methyl sites for hydroxylation is 1. The first-order valence-electron chi connectivity index (χ1n) is 17.4. The molecule has 4 aromatic carbocycles. The number of phenols is 4. The monoisotopic (exact) mass is 756 g/mol. The van der Waals surface area contributed by atoms with Crippen molar-refractivity contribution in [2.75, 3.05) is 28.4 Å². The molecule has 0 fully saturated rings. The Kier molecular flexibility index (Phi) is 13.1. The lowest BCUT2D eigenvalue weighted by Crippen LogP contribution is -2.39. The van der Waals surface area contributed by atoms with E-state index < -0.39 is 30.2 Å². The predicted molar refractivity (Wildman–Crippen MR) is 202 cm³/mol. The molecule has 1 heterocycles. The van der Waals surface area contributed by atoms with Crippen LogP contribution in [0.5, 0.6) is 51.7 Å². The average molecular weight is 757 g/mol. The van der Waals surface area contributed by atoms with Crippen molar-refractivity contribution >= 4 is 23.9 Å². The van der Waals surface area contributed by atoms with E-state index in [-0.39, 0.29) is 70.4 Å². The summed E-state index contributed by atoms with van der Waals surface area (Å²) in [5.41, 5.74) is 2.31. The van der Waals surface area contributed by atoms with Crippen molar-refractivity contribution in [3.05, 3.63) is 101 Å². The van der Waals surface area contributed by atoms with Crippen molar-refractivity contribution in [2.45, 2.75) is 49.9 Å². The smallest absolute Gasteiger partial charge is 0.331 e. The molecule has 4 aromatic rings. The SMILES string of the molecule is COc1cc(/C=C/C(=O)CC2c3cc(OC)c(O)c(c3)OC(CCc3ccc(O)c(OC)c3)CC(OC(=O)/C=C/c3ccc(O)c(OC)c3)C2O)ccc1O. The van der Waals surface area contributed by atoms with Crippen molar-refractivity contribution in [3.8, 4) is 51.7 Å². The minimum absolute atomic E-state index is 0.0223. The Morgan fingerprint density at radius 2 is 1.29 bits per heavy atom. The molecule has 13 heteroatoms. The lowest BCUT2D eigenvalue weighted by Gasteiger charge is -2.30. The Bertz CT molecular complexity index is 2050. The van der Waals surface area contributed by atoms with Gasteiger partial charge in [-0.2, -0.15) is 0 Å². The summed E-state index contributed by atoms with van der Waals surface area (Å²) in [5, 5.41) is 53.2. The molecule has 0 saturated heterocycles. The number of phenolic OH excluding ortho intramolecular Hbond substituents is 4. The van der Waals surface area contributed by atoms with Gasteiger partial charge in [-0.1, -0.05) is 24.3 Å². The molecule has 2 bridgehead atoms. The van der Waals surface area contributed by atoms with Crippen molar-refractivity contribution < 1.29 is 63.5 Å². The van der Waals surface area contributed by atoms with Gasteiger partial charge in [-0.15, -0.1) is 0 Å². The number of hydrogen-bond donors (Lipinski definition) is 5. The maximum Gasteiger partial charge on any atom is 0.331 e. The van der Waals surface area contributed by atoms with Crippen LogP contribution in [-0.2, 0) is 20.7 Å². The number of aliphatic hydroxyl groups is 1. The van der Waals surface area contributed by atoms with Gasteiger partial charge >= 0.3 is 5.97 Å². The lowest BCUT2D eigenvalue weighted by molar-refractivity contribution is -0.152. The summed E-state index contributed by atoms with van der Waals surface area (Å²) >= 11 is 0. The van der Waals surface area contributed by atoms with Crippen LogP contribution in [-0.4, -0.2) is 84.0 Å². The van der Waals surface area contributed by atoms with Gasteiger partial charge in [-0.05, 0) is 95.8 Å². The normalized spacial score (nSPS) is 18.1. The first kappa shape index (κ1) is 39.9. The van der Waals surface area contributed by atoms with Crippen LogP contribution in [0.25, 0.3) is 12.2 Å². The van der Waals surface area contributed by atoms with E-state index in [0.29, 0.717) is 29.5 Å². The summed E-state index contributed by atoms with van der Waals surface area (Å²) < 4.78 is 33.3. The molecule has 0 aliphatic carbocycles. The van der Waals surface area contributed by atoms with Crippen LogP contribution in [0.15, 0.2) is 78.9 Å². The number of fused-ring (bicyclic) bond motifs is 2. The van der Waals surface area contributed by atoms with Gasteiger partial charge in [0.2, 0.25) is 5.75 Å². The Morgan fingerprint density at radius 3 is 1.89 bits per heavy atom. The first-order chi connectivity index (χ1) is 26.4. The summed E-state index contributed by atoms with van der Waals surface area (Å²) in [6, 6.07) is 17.1. The Hall–Kier alpha value is -6.34. The summed E-state index contributed by atoms with van der Waals surface area (Å²) in [6.45, 7) is 0. The van der Waals surface area contributed by atoms with Gasteiger partial charge in [0.15, 0.2) is 51.8 Å². The maximum atomic E-state index is 13.6. The number of aliphatic hydroxyl groups excluding tert-OH is 1. The number of ketones is 1. The molecule has 0 spiro atoms. The number of carbonyl (C=O) groups excluding carboxylic acids is 2.